The molecule has 1 atom stereocenters. The highest BCUT2D eigenvalue weighted by Crippen LogP contribution is 2.29. The van der Waals surface area contributed by atoms with Crippen molar-refractivity contribution in [1.29, 1.82) is 0 Å². The van der Waals surface area contributed by atoms with E-state index in [-0.39, 0.29) is 28.4 Å². The number of amides is 1. The number of nitrogen functional groups attached to an aromatic ring is 1. The molecule has 1 unspecified atom stereocenters. The van der Waals surface area contributed by atoms with Gasteiger partial charge < -0.3 is 20.5 Å². The molecule has 2 aromatic carbocycles. The molecular weight excluding hydrogens is 361 g/mol. The molecule has 0 aliphatic heterocycles. The van der Waals surface area contributed by atoms with Crippen LogP contribution in [-0.2, 0) is 9.53 Å². The van der Waals surface area contributed by atoms with Crippen LogP contribution in [0.2, 0.25) is 0 Å². The average molecular weight is 377 g/mol. The Morgan fingerprint density at radius 3 is 2.56 bits per heavy atom. The van der Waals surface area contributed by atoms with Crippen molar-refractivity contribution in [1.82, 2.24) is 0 Å². The number of methoxy groups -OCH3 is 1. The minimum atomic E-state index is -1.29. The highest BCUT2D eigenvalue weighted by Gasteiger charge is 2.24. The van der Waals surface area contributed by atoms with Gasteiger partial charge in [-0.3, -0.25) is 14.9 Å². The molecule has 3 N–H and O–H groups in total. The number of nitrogens with zero attached hydrogens (tertiary/aromatic N) is 1. The molecular formula is C17H16FN3O6. The lowest BCUT2D eigenvalue weighted by molar-refractivity contribution is -0.384. The second-order valence-corrected chi connectivity index (χ2v) is 5.41. The summed E-state index contributed by atoms with van der Waals surface area (Å²) >= 11 is 0. The van der Waals surface area contributed by atoms with Crippen molar-refractivity contribution in [3.05, 3.63) is 57.9 Å². The van der Waals surface area contributed by atoms with E-state index in [1.54, 1.807) is 0 Å². The van der Waals surface area contributed by atoms with E-state index in [0.717, 1.165) is 24.3 Å². The number of halogens is 1. The molecule has 2 aromatic rings. The Balaban J connectivity index is 2.12. The summed E-state index contributed by atoms with van der Waals surface area (Å²) in [6, 6.07) is 6.97. The fourth-order valence-electron chi connectivity index (χ4n) is 2.13. The van der Waals surface area contributed by atoms with Crippen LogP contribution in [0.1, 0.15) is 17.3 Å². The molecule has 0 fully saturated rings. The van der Waals surface area contributed by atoms with E-state index < -0.39 is 28.7 Å². The number of hydrogen-bond donors (Lipinski definition) is 2. The number of nitro benzene ring substituents is 1. The third-order valence-corrected chi connectivity index (χ3v) is 3.55. The van der Waals surface area contributed by atoms with Gasteiger partial charge in [0.1, 0.15) is 17.3 Å². The van der Waals surface area contributed by atoms with Crippen LogP contribution in [0.15, 0.2) is 36.4 Å². The maximum atomic E-state index is 13.0. The molecule has 0 bridgehead atoms. The maximum Gasteiger partial charge on any atom is 0.341 e. The van der Waals surface area contributed by atoms with Crippen molar-refractivity contribution < 1.29 is 28.4 Å². The minimum Gasteiger partial charge on any atom is -0.496 e. The first-order valence-electron chi connectivity index (χ1n) is 7.62. The van der Waals surface area contributed by atoms with Crippen molar-refractivity contribution in [3.8, 4) is 5.75 Å². The molecule has 0 spiro atoms. The Kier molecular flexibility index (Phi) is 5.91. The van der Waals surface area contributed by atoms with Gasteiger partial charge in [0.05, 0.1) is 23.7 Å². The van der Waals surface area contributed by atoms with Crippen LogP contribution >= 0.6 is 0 Å². The number of nitro groups is 1. The Labute approximate surface area is 153 Å². The van der Waals surface area contributed by atoms with E-state index in [1.807, 2.05) is 0 Å². The van der Waals surface area contributed by atoms with Crippen LogP contribution in [0.5, 0.6) is 5.75 Å². The van der Waals surface area contributed by atoms with Crippen molar-refractivity contribution in [2.24, 2.45) is 0 Å². The van der Waals surface area contributed by atoms with Crippen LogP contribution in [0.4, 0.5) is 21.5 Å². The van der Waals surface area contributed by atoms with Crippen molar-refractivity contribution in [3.63, 3.8) is 0 Å². The number of rotatable bonds is 6. The highest BCUT2D eigenvalue weighted by molar-refractivity contribution is 6.00. The Morgan fingerprint density at radius 2 is 1.96 bits per heavy atom. The molecule has 0 aliphatic carbocycles. The van der Waals surface area contributed by atoms with E-state index in [9.17, 15) is 24.1 Å². The molecule has 10 heteroatoms. The monoisotopic (exact) mass is 377 g/mol. The number of nitrogens with two attached hydrogens (primary N) is 1. The number of benzene rings is 2. The van der Waals surface area contributed by atoms with Crippen LogP contribution < -0.4 is 15.8 Å². The molecule has 0 saturated heterocycles. The number of esters is 1. The first-order chi connectivity index (χ1) is 12.7. The van der Waals surface area contributed by atoms with Gasteiger partial charge in [-0.1, -0.05) is 0 Å². The van der Waals surface area contributed by atoms with Gasteiger partial charge in [-0.05, 0) is 37.3 Å². The summed E-state index contributed by atoms with van der Waals surface area (Å²) in [5, 5.41) is 13.5. The molecule has 27 heavy (non-hydrogen) atoms. The smallest absolute Gasteiger partial charge is 0.341 e. The Bertz CT molecular complexity index is 902. The summed E-state index contributed by atoms with van der Waals surface area (Å²) in [6.07, 6.45) is -1.29. The lowest BCUT2D eigenvalue weighted by Crippen LogP contribution is -2.30. The van der Waals surface area contributed by atoms with Gasteiger partial charge in [0.2, 0.25) is 0 Å². The van der Waals surface area contributed by atoms with Crippen molar-refractivity contribution >= 4 is 28.9 Å². The third-order valence-electron chi connectivity index (χ3n) is 3.55. The number of anilines is 2. The standard InChI is InChI=1S/C17H16FN3O6/c1-9(27-17(23)12-5-3-10(18)7-13(12)19)16(22)20-14-6-4-11(26-2)8-15(14)21(24)25/h3-9H,19H2,1-2H3,(H,20,22). The van der Waals surface area contributed by atoms with Crippen molar-refractivity contribution in [2.75, 3.05) is 18.2 Å². The molecule has 0 aromatic heterocycles. The molecule has 0 aliphatic rings. The zero-order valence-electron chi connectivity index (χ0n) is 14.4. The highest BCUT2D eigenvalue weighted by atomic mass is 19.1. The van der Waals surface area contributed by atoms with Crippen LogP contribution in [-0.4, -0.2) is 30.0 Å². The number of carbonyl (C=O) groups excluding carboxylic acids is 2. The molecule has 142 valence electrons. The Morgan fingerprint density at radius 1 is 1.26 bits per heavy atom. The van der Waals surface area contributed by atoms with Crippen molar-refractivity contribution in [2.45, 2.75) is 13.0 Å². The Hall–Kier alpha value is -3.69. The van der Waals surface area contributed by atoms with Gasteiger partial charge in [0.25, 0.3) is 11.6 Å². The fraction of sp³-hybridized carbons (Fsp3) is 0.176. The minimum absolute atomic E-state index is 0.0880. The number of ether oxygens (including phenoxy) is 2. The first-order valence-corrected chi connectivity index (χ1v) is 7.62. The van der Waals surface area contributed by atoms with E-state index in [0.29, 0.717) is 0 Å². The second-order valence-electron chi connectivity index (χ2n) is 5.41. The van der Waals surface area contributed by atoms with E-state index >= 15 is 0 Å². The number of hydrogen-bond acceptors (Lipinski definition) is 7. The SMILES string of the molecule is COc1ccc(NC(=O)C(C)OC(=O)c2ccc(F)cc2N)c([N+](=O)[O-])c1. The molecule has 0 heterocycles. The van der Waals surface area contributed by atoms with Gasteiger partial charge >= 0.3 is 5.97 Å². The third kappa shape index (κ3) is 4.69. The lowest BCUT2D eigenvalue weighted by Gasteiger charge is -2.14. The zero-order valence-corrected chi connectivity index (χ0v) is 14.4. The second kappa shape index (κ2) is 8.13. The maximum absolute atomic E-state index is 13.0. The van der Waals surface area contributed by atoms with Gasteiger partial charge in [0, 0.05) is 5.69 Å². The van der Waals surface area contributed by atoms with Gasteiger partial charge in [0.15, 0.2) is 6.10 Å². The summed E-state index contributed by atoms with van der Waals surface area (Å²) in [4.78, 5) is 34.7. The van der Waals surface area contributed by atoms with E-state index in [1.165, 1.54) is 26.2 Å². The summed E-state index contributed by atoms with van der Waals surface area (Å²) in [7, 11) is 1.35. The summed E-state index contributed by atoms with van der Waals surface area (Å²) < 4.78 is 22.9. The molecule has 0 saturated carbocycles. The fourth-order valence-corrected chi connectivity index (χ4v) is 2.13. The predicted molar refractivity (Wildman–Crippen MR) is 94.0 cm³/mol. The summed E-state index contributed by atoms with van der Waals surface area (Å²) in [6.45, 7) is 1.28. The van der Waals surface area contributed by atoms with Crippen LogP contribution in [0.25, 0.3) is 0 Å². The van der Waals surface area contributed by atoms with E-state index in [2.05, 4.69) is 5.32 Å². The van der Waals surface area contributed by atoms with Gasteiger partial charge in [-0.25, -0.2) is 9.18 Å². The van der Waals surface area contributed by atoms with Gasteiger partial charge in [-0.15, -0.1) is 0 Å². The molecule has 2 rings (SSSR count). The van der Waals surface area contributed by atoms with Crippen LogP contribution in [0.3, 0.4) is 0 Å². The summed E-state index contributed by atoms with van der Waals surface area (Å²) in [5.74, 6) is -2.11. The molecule has 0 radical (unpaired) electrons. The van der Waals surface area contributed by atoms with Crippen LogP contribution in [0, 0.1) is 15.9 Å². The number of nitrogens with one attached hydrogen (secondary N) is 1. The molecule has 1 amide bonds. The topological polar surface area (TPSA) is 134 Å². The predicted octanol–water partition coefficient (Wildman–Crippen LogP) is 2.51. The quantitative estimate of drug-likeness (QED) is 0.342. The average Bonchev–Trinajstić information content (AvgIpc) is 2.61. The largest absolute Gasteiger partial charge is 0.496 e. The molecule has 9 nitrogen and oxygen atoms in total. The lowest BCUT2D eigenvalue weighted by atomic mass is 10.2. The zero-order chi connectivity index (χ0) is 20.1. The van der Waals surface area contributed by atoms with Gasteiger partial charge in [-0.2, -0.15) is 0 Å². The van der Waals surface area contributed by atoms with E-state index in [4.69, 9.17) is 15.2 Å². The number of carbonyl (C=O) groups is 2. The first kappa shape index (κ1) is 19.6. The normalized spacial score (nSPS) is 11.4. The summed E-state index contributed by atoms with van der Waals surface area (Å²) in [5.41, 5.74) is 4.83.